The number of nitrogens with one attached hydrogen (secondary N) is 1. The van der Waals surface area contributed by atoms with Crippen molar-refractivity contribution in [2.24, 2.45) is 10.7 Å². The van der Waals surface area contributed by atoms with Gasteiger partial charge in [0.05, 0.1) is 6.54 Å². The van der Waals surface area contributed by atoms with Gasteiger partial charge in [0.15, 0.2) is 10.3 Å². The smallest absolute Gasteiger partial charge is 0.189 e. The standard InChI is InChI=1S/C8H15N5S2.HI/c1-5(2)11-7(9)10-4-6-12-13-8(14-3)15-6;/h5H,4H2,1-3H3,(H3,9,10,11);1H. The van der Waals surface area contributed by atoms with Crippen LogP contribution in [-0.2, 0) is 6.54 Å². The van der Waals surface area contributed by atoms with Crippen LogP contribution in [0.2, 0.25) is 0 Å². The van der Waals surface area contributed by atoms with Gasteiger partial charge in [-0.05, 0) is 20.1 Å². The second-order valence-electron chi connectivity index (χ2n) is 3.17. The Kier molecular flexibility index (Phi) is 8.02. The summed E-state index contributed by atoms with van der Waals surface area (Å²) in [6.45, 7) is 4.52. The zero-order valence-electron chi connectivity index (χ0n) is 9.43. The summed E-state index contributed by atoms with van der Waals surface area (Å²) in [4.78, 5) is 4.16. The van der Waals surface area contributed by atoms with Crippen molar-refractivity contribution in [1.82, 2.24) is 15.5 Å². The molecule has 0 unspecified atom stereocenters. The minimum Gasteiger partial charge on any atom is -0.370 e. The lowest BCUT2D eigenvalue weighted by Gasteiger charge is -2.07. The molecule has 5 nitrogen and oxygen atoms in total. The average Bonchev–Trinajstić information content (AvgIpc) is 2.61. The predicted octanol–water partition coefficient (Wildman–Crippen LogP) is 1.69. The number of thioether (sulfide) groups is 1. The Hall–Kier alpha value is -0.0900. The first kappa shape index (κ1) is 15.9. The molecule has 0 saturated carbocycles. The quantitative estimate of drug-likeness (QED) is 0.364. The van der Waals surface area contributed by atoms with E-state index < -0.39 is 0 Å². The van der Waals surface area contributed by atoms with Gasteiger partial charge in [-0.15, -0.1) is 34.2 Å². The first-order valence-electron chi connectivity index (χ1n) is 4.54. The lowest BCUT2D eigenvalue weighted by molar-refractivity contribution is 0.723. The Morgan fingerprint density at radius 2 is 2.25 bits per heavy atom. The molecule has 0 radical (unpaired) electrons. The van der Waals surface area contributed by atoms with E-state index >= 15 is 0 Å². The number of nitrogens with two attached hydrogens (primary N) is 1. The maximum atomic E-state index is 5.65. The fraction of sp³-hybridized carbons (Fsp3) is 0.625. The normalized spacial score (nSPS) is 11.4. The summed E-state index contributed by atoms with van der Waals surface area (Å²) in [7, 11) is 0. The van der Waals surface area contributed by atoms with E-state index in [1.165, 1.54) is 0 Å². The maximum Gasteiger partial charge on any atom is 0.189 e. The van der Waals surface area contributed by atoms with Gasteiger partial charge >= 0.3 is 0 Å². The topological polar surface area (TPSA) is 76.2 Å². The van der Waals surface area contributed by atoms with Crippen molar-refractivity contribution in [3.8, 4) is 0 Å². The van der Waals surface area contributed by atoms with Gasteiger partial charge in [-0.1, -0.05) is 23.1 Å². The largest absolute Gasteiger partial charge is 0.370 e. The van der Waals surface area contributed by atoms with Gasteiger partial charge in [-0.3, -0.25) is 0 Å². The zero-order chi connectivity index (χ0) is 11.3. The van der Waals surface area contributed by atoms with Crippen LogP contribution in [0.3, 0.4) is 0 Å². The van der Waals surface area contributed by atoms with Crippen LogP contribution in [-0.4, -0.2) is 28.5 Å². The van der Waals surface area contributed by atoms with Crippen LogP contribution < -0.4 is 11.1 Å². The third kappa shape index (κ3) is 5.85. The van der Waals surface area contributed by atoms with Crippen molar-refractivity contribution < 1.29 is 0 Å². The summed E-state index contributed by atoms with van der Waals surface area (Å²) in [5.74, 6) is 0.450. The molecule has 0 aliphatic carbocycles. The summed E-state index contributed by atoms with van der Waals surface area (Å²) >= 11 is 3.13. The molecular weight excluding hydrogens is 357 g/mol. The molecule has 8 heteroatoms. The van der Waals surface area contributed by atoms with E-state index in [-0.39, 0.29) is 24.0 Å². The van der Waals surface area contributed by atoms with Crippen LogP contribution in [0.15, 0.2) is 9.33 Å². The van der Waals surface area contributed by atoms with Gasteiger partial charge < -0.3 is 11.1 Å². The van der Waals surface area contributed by atoms with Crippen LogP contribution in [0.25, 0.3) is 0 Å². The molecule has 1 aromatic heterocycles. The van der Waals surface area contributed by atoms with E-state index in [0.717, 1.165) is 9.35 Å². The summed E-state index contributed by atoms with van der Waals surface area (Å²) in [5, 5.41) is 11.9. The highest BCUT2D eigenvalue weighted by Gasteiger charge is 2.02. The Labute approximate surface area is 121 Å². The minimum absolute atomic E-state index is 0. The number of aromatic nitrogens is 2. The van der Waals surface area contributed by atoms with Crippen LogP contribution in [0.1, 0.15) is 18.9 Å². The van der Waals surface area contributed by atoms with E-state index in [2.05, 4.69) is 20.5 Å². The molecule has 1 heterocycles. The van der Waals surface area contributed by atoms with E-state index in [0.29, 0.717) is 18.5 Å². The second kappa shape index (κ2) is 8.07. The summed E-state index contributed by atoms with van der Waals surface area (Å²) in [6, 6.07) is 0.296. The number of rotatable bonds is 4. The number of nitrogens with zero attached hydrogens (tertiary/aromatic N) is 3. The molecule has 1 aromatic rings. The highest BCUT2D eigenvalue weighted by Crippen LogP contribution is 2.19. The van der Waals surface area contributed by atoms with Crippen molar-refractivity contribution in [3.63, 3.8) is 0 Å². The van der Waals surface area contributed by atoms with Gasteiger partial charge in [0.1, 0.15) is 5.01 Å². The second-order valence-corrected chi connectivity index (χ2v) is 5.28. The van der Waals surface area contributed by atoms with Crippen LogP contribution in [0.5, 0.6) is 0 Å². The van der Waals surface area contributed by atoms with Gasteiger partial charge in [0.2, 0.25) is 0 Å². The van der Waals surface area contributed by atoms with Crippen molar-refractivity contribution >= 4 is 53.0 Å². The monoisotopic (exact) mass is 373 g/mol. The Bertz CT molecular complexity index is 339. The summed E-state index contributed by atoms with van der Waals surface area (Å²) < 4.78 is 0.954. The van der Waals surface area contributed by atoms with E-state index in [9.17, 15) is 0 Å². The molecule has 0 amide bonds. The molecular formula is C8H16IN5S2. The Morgan fingerprint density at radius 1 is 1.56 bits per heavy atom. The number of guanidine groups is 1. The molecule has 3 N–H and O–H groups in total. The number of hydrogen-bond donors (Lipinski definition) is 2. The number of halogens is 1. The van der Waals surface area contributed by atoms with Crippen LogP contribution >= 0.6 is 47.1 Å². The maximum absolute atomic E-state index is 5.65. The summed E-state index contributed by atoms with van der Waals surface area (Å²) in [5.41, 5.74) is 5.65. The zero-order valence-corrected chi connectivity index (χ0v) is 13.4. The molecule has 92 valence electrons. The van der Waals surface area contributed by atoms with Gasteiger partial charge in [-0.25, -0.2) is 4.99 Å². The third-order valence-corrected chi connectivity index (χ3v) is 3.33. The van der Waals surface area contributed by atoms with Gasteiger partial charge in [0.25, 0.3) is 0 Å². The molecule has 0 aliphatic rings. The molecule has 16 heavy (non-hydrogen) atoms. The van der Waals surface area contributed by atoms with Crippen molar-refractivity contribution in [1.29, 1.82) is 0 Å². The SMILES string of the molecule is CSc1nnc(CN=C(N)NC(C)C)s1.I. The van der Waals surface area contributed by atoms with Crippen molar-refractivity contribution in [2.45, 2.75) is 30.8 Å². The highest BCUT2D eigenvalue weighted by atomic mass is 127. The van der Waals surface area contributed by atoms with Gasteiger partial charge in [0, 0.05) is 6.04 Å². The Balaban J connectivity index is 0.00000225. The van der Waals surface area contributed by atoms with E-state index in [1.807, 2.05) is 20.1 Å². The van der Waals surface area contributed by atoms with Crippen LogP contribution in [0.4, 0.5) is 0 Å². The molecule has 0 saturated heterocycles. The molecule has 0 aliphatic heterocycles. The first-order chi connectivity index (χ1) is 7.11. The Morgan fingerprint density at radius 3 is 2.75 bits per heavy atom. The third-order valence-electron chi connectivity index (χ3n) is 1.44. The summed E-state index contributed by atoms with van der Waals surface area (Å²) in [6.07, 6.45) is 1.97. The fourth-order valence-electron chi connectivity index (χ4n) is 0.879. The number of hydrogen-bond acceptors (Lipinski definition) is 5. The van der Waals surface area contributed by atoms with E-state index in [4.69, 9.17) is 5.73 Å². The fourth-order valence-corrected chi connectivity index (χ4v) is 2.12. The molecule has 0 bridgehead atoms. The average molecular weight is 373 g/mol. The number of aliphatic imine (C=N–C) groups is 1. The van der Waals surface area contributed by atoms with Gasteiger partial charge in [-0.2, -0.15) is 0 Å². The molecule has 0 fully saturated rings. The molecule has 1 rings (SSSR count). The molecule has 0 atom stereocenters. The predicted molar refractivity (Wildman–Crippen MR) is 80.7 cm³/mol. The van der Waals surface area contributed by atoms with Crippen LogP contribution in [0, 0.1) is 0 Å². The molecule has 0 spiro atoms. The van der Waals surface area contributed by atoms with E-state index in [1.54, 1.807) is 23.1 Å². The molecule has 0 aromatic carbocycles. The lowest BCUT2D eigenvalue weighted by Crippen LogP contribution is -2.36. The first-order valence-corrected chi connectivity index (χ1v) is 6.58. The van der Waals surface area contributed by atoms with Crippen molar-refractivity contribution in [2.75, 3.05) is 6.26 Å². The minimum atomic E-state index is 0. The lowest BCUT2D eigenvalue weighted by atomic mass is 10.4. The van der Waals surface area contributed by atoms with Crippen molar-refractivity contribution in [3.05, 3.63) is 5.01 Å². The highest BCUT2D eigenvalue weighted by molar-refractivity contribution is 14.0.